The number of hydrogen-bond acceptors (Lipinski definition) is 5. The van der Waals surface area contributed by atoms with Crippen LogP contribution in [0, 0.1) is 0 Å². The average molecular weight is 554 g/mol. The van der Waals surface area contributed by atoms with Crippen molar-refractivity contribution in [2.75, 3.05) is 6.54 Å². The zero-order valence-corrected chi connectivity index (χ0v) is 22.3. The maximum atomic E-state index is 13.5. The zero-order valence-electron chi connectivity index (χ0n) is 22.3. The van der Waals surface area contributed by atoms with E-state index in [0.717, 1.165) is 16.7 Å². The van der Waals surface area contributed by atoms with Gasteiger partial charge in [0.15, 0.2) is 0 Å². The first-order valence-corrected chi connectivity index (χ1v) is 13.2. The van der Waals surface area contributed by atoms with Crippen LogP contribution in [0.1, 0.15) is 45.9 Å². The summed E-state index contributed by atoms with van der Waals surface area (Å²) in [7, 11) is 0. The van der Waals surface area contributed by atoms with E-state index in [2.05, 4.69) is 10.6 Å². The third kappa shape index (κ3) is 7.92. The number of carboxylic acids is 1. The number of carbonyl (C=O) groups excluding carboxylic acids is 2. The second-order valence-electron chi connectivity index (χ2n) is 9.35. The first kappa shape index (κ1) is 28.8. The van der Waals surface area contributed by atoms with Crippen molar-refractivity contribution >= 4 is 18.0 Å². The van der Waals surface area contributed by atoms with Gasteiger partial charge in [-0.15, -0.1) is 0 Å². The van der Waals surface area contributed by atoms with Crippen LogP contribution < -0.4 is 16.2 Å². The number of carboxylic acid groups (broad SMARTS) is 1. The Morgan fingerprint density at radius 1 is 0.805 bits per heavy atom. The Labute approximate surface area is 237 Å². The van der Waals surface area contributed by atoms with Gasteiger partial charge >= 0.3 is 12.1 Å². The van der Waals surface area contributed by atoms with Crippen molar-refractivity contribution in [3.8, 4) is 0 Å². The van der Waals surface area contributed by atoms with Crippen molar-refractivity contribution in [3.63, 3.8) is 0 Å². The molecule has 3 aromatic carbocycles. The molecule has 0 saturated heterocycles. The smallest absolute Gasteiger partial charge is 0.407 e. The van der Waals surface area contributed by atoms with Gasteiger partial charge < -0.3 is 25.0 Å². The van der Waals surface area contributed by atoms with Crippen LogP contribution in [0.25, 0.3) is 0 Å². The van der Waals surface area contributed by atoms with Crippen LogP contribution in [0.2, 0.25) is 0 Å². The highest BCUT2D eigenvalue weighted by molar-refractivity contribution is 5.96. The summed E-state index contributed by atoms with van der Waals surface area (Å²) in [6.45, 7) is 0.270. The lowest BCUT2D eigenvalue weighted by atomic mass is 9.98. The van der Waals surface area contributed by atoms with Crippen molar-refractivity contribution in [3.05, 3.63) is 142 Å². The number of alkyl carbamates (subject to hydrolysis) is 1. The first-order chi connectivity index (χ1) is 19.9. The molecule has 2 amide bonds. The molecule has 4 aromatic rings. The predicted octanol–water partition coefficient (Wildman–Crippen LogP) is 4.38. The van der Waals surface area contributed by atoms with E-state index in [1.807, 2.05) is 91.0 Å². The lowest BCUT2D eigenvalue weighted by molar-refractivity contribution is -0.139. The number of aliphatic carboxylic acids is 1. The molecule has 0 aliphatic rings. The Morgan fingerprint density at radius 2 is 1.39 bits per heavy atom. The highest BCUT2D eigenvalue weighted by Crippen LogP contribution is 2.25. The fraction of sp³-hybridized carbons (Fsp3) is 0.188. The van der Waals surface area contributed by atoms with E-state index in [1.165, 1.54) is 10.6 Å². The number of amides is 2. The molecule has 4 rings (SSSR count). The summed E-state index contributed by atoms with van der Waals surface area (Å²) in [6, 6.07) is 29.3. The van der Waals surface area contributed by atoms with Gasteiger partial charge in [-0.3, -0.25) is 9.59 Å². The van der Waals surface area contributed by atoms with E-state index in [0.29, 0.717) is 0 Å². The van der Waals surface area contributed by atoms with Crippen LogP contribution in [0.5, 0.6) is 0 Å². The minimum atomic E-state index is -1.25. The predicted molar refractivity (Wildman–Crippen MR) is 154 cm³/mol. The third-order valence-electron chi connectivity index (χ3n) is 6.48. The molecule has 0 radical (unpaired) electrons. The van der Waals surface area contributed by atoms with Crippen LogP contribution in [-0.2, 0) is 16.1 Å². The number of aromatic nitrogens is 1. The molecule has 1 heterocycles. The van der Waals surface area contributed by atoms with Crippen molar-refractivity contribution in [1.82, 2.24) is 15.2 Å². The van der Waals surface area contributed by atoms with E-state index in [4.69, 9.17) is 4.74 Å². The van der Waals surface area contributed by atoms with Gasteiger partial charge in [0.2, 0.25) is 0 Å². The SMILES string of the molecule is O=C(NCCC[C@H](NC(=O)c1cccn(C(c2ccccc2)c2ccccc2)c1=O)C(=O)O)OCc1ccccc1. The molecule has 0 bridgehead atoms. The summed E-state index contributed by atoms with van der Waals surface area (Å²) in [5.74, 6) is -2.03. The number of rotatable bonds is 12. The molecule has 0 saturated carbocycles. The van der Waals surface area contributed by atoms with Crippen LogP contribution in [0.4, 0.5) is 4.79 Å². The van der Waals surface area contributed by atoms with E-state index in [9.17, 15) is 24.3 Å². The summed E-state index contributed by atoms with van der Waals surface area (Å²) in [4.78, 5) is 50.5. The maximum Gasteiger partial charge on any atom is 0.407 e. The van der Waals surface area contributed by atoms with E-state index >= 15 is 0 Å². The van der Waals surface area contributed by atoms with Gasteiger partial charge in [-0.1, -0.05) is 91.0 Å². The second-order valence-corrected chi connectivity index (χ2v) is 9.35. The number of nitrogens with zero attached hydrogens (tertiary/aromatic N) is 1. The quantitative estimate of drug-likeness (QED) is 0.224. The monoisotopic (exact) mass is 553 g/mol. The number of ether oxygens (including phenoxy) is 1. The Balaban J connectivity index is 1.40. The summed E-state index contributed by atoms with van der Waals surface area (Å²) in [6.07, 6.45) is 1.29. The number of nitrogens with one attached hydrogen (secondary N) is 2. The Morgan fingerprint density at radius 3 is 1.98 bits per heavy atom. The summed E-state index contributed by atoms with van der Waals surface area (Å²) >= 11 is 0. The van der Waals surface area contributed by atoms with Crippen LogP contribution >= 0.6 is 0 Å². The van der Waals surface area contributed by atoms with Crippen molar-refractivity contribution < 1.29 is 24.2 Å². The molecule has 9 heteroatoms. The normalized spacial score (nSPS) is 11.4. The van der Waals surface area contributed by atoms with Gasteiger partial charge in [0.1, 0.15) is 18.2 Å². The van der Waals surface area contributed by atoms with Gasteiger partial charge in [0.05, 0.1) is 6.04 Å². The molecule has 0 unspecified atom stereocenters. The summed E-state index contributed by atoms with van der Waals surface area (Å²) in [5.41, 5.74) is 1.84. The molecule has 0 spiro atoms. The highest BCUT2D eigenvalue weighted by Gasteiger charge is 2.24. The van der Waals surface area contributed by atoms with Crippen LogP contribution in [0.15, 0.2) is 114 Å². The Kier molecular flexibility index (Phi) is 10.0. The van der Waals surface area contributed by atoms with Crippen LogP contribution in [0.3, 0.4) is 0 Å². The molecule has 3 N–H and O–H groups in total. The zero-order chi connectivity index (χ0) is 29.0. The lowest BCUT2D eigenvalue weighted by Crippen LogP contribution is -2.44. The standard InChI is InChI=1S/C32H31N3O6/c36-29(34-27(31(38)39)19-10-20-33-32(40)41-22-23-12-4-1-5-13-23)26-18-11-21-35(30(26)37)28(24-14-6-2-7-15-24)25-16-8-3-9-17-25/h1-9,11-18,21,27-28H,10,19-20,22H2,(H,33,40)(H,34,36)(H,38,39)/t27-/m0/s1. The second kappa shape index (κ2) is 14.3. The number of carbonyl (C=O) groups is 3. The van der Waals surface area contributed by atoms with Gasteiger partial charge in [-0.25, -0.2) is 9.59 Å². The summed E-state index contributed by atoms with van der Waals surface area (Å²) < 4.78 is 6.61. The summed E-state index contributed by atoms with van der Waals surface area (Å²) in [5, 5.41) is 14.7. The topological polar surface area (TPSA) is 127 Å². The average Bonchev–Trinajstić information content (AvgIpc) is 3.00. The minimum Gasteiger partial charge on any atom is -0.480 e. The van der Waals surface area contributed by atoms with Crippen molar-refractivity contribution in [2.24, 2.45) is 0 Å². The third-order valence-corrected chi connectivity index (χ3v) is 6.48. The number of benzene rings is 3. The number of pyridine rings is 1. The first-order valence-electron chi connectivity index (χ1n) is 13.2. The highest BCUT2D eigenvalue weighted by atomic mass is 16.5. The molecule has 210 valence electrons. The molecular formula is C32H31N3O6. The number of hydrogen-bond donors (Lipinski definition) is 3. The largest absolute Gasteiger partial charge is 0.480 e. The lowest BCUT2D eigenvalue weighted by Gasteiger charge is -2.22. The molecule has 0 aliphatic heterocycles. The van der Waals surface area contributed by atoms with Gasteiger partial charge in [0.25, 0.3) is 11.5 Å². The van der Waals surface area contributed by atoms with Gasteiger partial charge in [0, 0.05) is 12.7 Å². The van der Waals surface area contributed by atoms with Crippen molar-refractivity contribution in [1.29, 1.82) is 0 Å². The fourth-order valence-corrected chi connectivity index (χ4v) is 4.43. The Bertz CT molecular complexity index is 1470. The van der Waals surface area contributed by atoms with E-state index in [-0.39, 0.29) is 31.6 Å². The molecule has 9 nitrogen and oxygen atoms in total. The molecule has 1 aromatic heterocycles. The van der Waals surface area contributed by atoms with E-state index in [1.54, 1.807) is 12.3 Å². The van der Waals surface area contributed by atoms with Gasteiger partial charge in [-0.2, -0.15) is 0 Å². The molecule has 1 atom stereocenters. The fourth-order valence-electron chi connectivity index (χ4n) is 4.43. The van der Waals surface area contributed by atoms with Gasteiger partial charge in [-0.05, 0) is 41.7 Å². The minimum absolute atomic E-state index is 0.0394. The van der Waals surface area contributed by atoms with E-state index < -0.39 is 35.6 Å². The van der Waals surface area contributed by atoms with Crippen molar-refractivity contribution in [2.45, 2.75) is 31.5 Å². The molecule has 0 fully saturated rings. The molecular weight excluding hydrogens is 522 g/mol. The Hall–Kier alpha value is -5.18. The molecule has 41 heavy (non-hydrogen) atoms. The maximum absolute atomic E-state index is 13.5. The van der Waals surface area contributed by atoms with Crippen LogP contribution in [-0.4, -0.2) is 40.2 Å². The molecule has 0 aliphatic carbocycles.